The van der Waals surface area contributed by atoms with Gasteiger partial charge < -0.3 is 4.84 Å². The van der Waals surface area contributed by atoms with Gasteiger partial charge in [-0.2, -0.15) is 11.8 Å². The predicted octanol–water partition coefficient (Wildman–Crippen LogP) is 2.90. The van der Waals surface area contributed by atoms with Crippen molar-refractivity contribution in [3.63, 3.8) is 0 Å². The topological polar surface area (TPSA) is 29.5 Å². The maximum absolute atomic E-state index is 10.9. The fourth-order valence-electron chi connectivity index (χ4n) is 1.68. The molecule has 1 aromatic carbocycles. The molecule has 0 spiro atoms. The molecule has 0 N–H and O–H groups in total. The molecular formula is C13H19NO2S. The molecular weight excluding hydrogens is 234 g/mol. The molecule has 3 nitrogen and oxygen atoms in total. The van der Waals surface area contributed by atoms with Crippen molar-refractivity contribution in [2.75, 3.05) is 24.1 Å². The third-order valence-electron chi connectivity index (χ3n) is 2.39. The molecule has 0 fully saturated rings. The smallest absolute Gasteiger partial charge is 0.329 e. The number of carbonyl (C=O) groups excluding carboxylic acids is 1. The summed E-state index contributed by atoms with van der Waals surface area (Å²) in [5.41, 5.74) is 2.18. The van der Waals surface area contributed by atoms with Crippen LogP contribution in [0.5, 0.6) is 0 Å². The standard InChI is InChI=1S/C13H19NO2S/c1-11(15)16-14(2)13-9-5-4-7-12(13)8-6-10-17-3/h4-5,7,9H,6,8,10H2,1-3H3. The second-order valence-corrected chi connectivity index (χ2v) is 4.79. The second-order valence-electron chi connectivity index (χ2n) is 3.81. The van der Waals surface area contributed by atoms with Crippen molar-refractivity contribution in [1.29, 1.82) is 0 Å². The fraction of sp³-hybridized carbons (Fsp3) is 0.462. The van der Waals surface area contributed by atoms with Gasteiger partial charge >= 0.3 is 5.97 Å². The van der Waals surface area contributed by atoms with Crippen molar-refractivity contribution in [2.45, 2.75) is 19.8 Å². The lowest BCUT2D eigenvalue weighted by Gasteiger charge is -2.20. The monoisotopic (exact) mass is 253 g/mol. The third-order valence-corrected chi connectivity index (χ3v) is 3.09. The van der Waals surface area contributed by atoms with Gasteiger partial charge in [0.25, 0.3) is 0 Å². The minimum Gasteiger partial charge on any atom is -0.341 e. The summed E-state index contributed by atoms with van der Waals surface area (Å²) in [6.45, 7) is 1.41. The van der Waals surface area contributed by atoms with Crippen LogP contribution in [0.2, 0.25) is 0 Å². The quantitative estimate of drug-likeness (QED) is 0.576. The molecule has 0 amide bonds. The highest BCUT2D eigenvalue weighted by Gasteiger charge is 2.09. The number of nitrogens with zero attached hydrogens (tertiary/aromatic N) is 1. The Hall–Kier alpha value is -1.16. The molecule has 0 unspecified atom stereocenters. The van der Waals surface area contributed by atoms with Crippen LogP contribution in [0.4, 0.5) is 5.69 Å². The van der Waals surface area contributed by atoms with Gasteiger partial charge in [-0.15, -0.1) is 0 Å². The van der Waals surface area contributed by atoms with E-state index in [0.29, 0.717) is 0 Å². The van der Waals surface area contributed by atoms with Crippen molar-refractivity contribution in [3.8, 4) is 0 Å². The Bertz CT molecular complexity index is 368. The molecule has 0 atom stereocenters. The summed E-state index contributed by atoms with van der Waals surface area (Å²) in [6, 6.07) is 8.01. The largest absolute Gasteiger partial charge is 0.341 e. The summed E-state index contributed by atoms with van der Waals surface area (Å²) in [4.78, 5) is 16.0. The van der Waals surface area contributed by atoms with E-state index in [0.717, 1.165) is 24.3 Å². The SMILES string of the molecule is CSCCCc1ccccc1N(C)OC(C)=O. The summed E-state index contributed by atoms with van der Waals surface area (Å²) in [5.74, 6) is 0.845. The first-order chi connectivity index (χ1) is 8.15. The van der Waals surface area contributed by atoms with Crippen LogP contribution in [-0.4, -0.2) is 25.0 Å². The van der Waals surface area contributed by atoms with Crippen LogP contribution in [0.1, 0.15) is 18.9 Å². The van der Waals surface area contributed by atoms with Crippen LogP contribution in [-0.2, 0) is 16.1 Å². The zero-order valence-corrected chi connectivity index (χ0v) is 11.4. The summed E-state index contributed by atoms with van der Waals surface area (Å²) in [7, 11) is 1.76. The maximum atomic E-state index is 10.9. The summed E-state index contributed by atoms with van der Waals surface area (Å²) in [6.07, 6.45) is 4.24. The Labute approximate surface area is 107 Å². The maximum Gasteiger partial charge on any atom is 0.329 e. The minimum absolute atomic E-state index is 0.300. The van der Waals surface area contributed by atoms with E-state index in [2.05, 4.69) is 12.3 Å². The Morgan fingerprint density at radius 3 is 2.76 bits per heavy atom. The van der Waals surface area contributed by atoms with Gasteiger partial charge in [-0.05, 0) is 36.5 Å². The Morgan fingerprint density at radius 2 is 2.12 bits per heavy atom. The van der Waals surface area contributed by atoms with Gasteiger partial charge in [0.2, 0.25) is 0 Å². The number of carbonyl (C=O) groups is 1. The van der Waals surface area contributed by atoms with Crippen molar-refractivity contribution in [2.24, 2.45) is 0 Å². The number of anilines is 1. The van der Waals surface area contributed by atoms with Gasteiger partial charge in [-0.3, -0.25) is 4.79 Å². The van der Waals surface area contributed by atoms with Crippen LogP contribution >= 0.6 is 11.8 Å². The van der Waals surface area contributed by atoms with Crippen molar-refractivity contribution in [1.82, 2.24) is 0 Å². The molecule has 0 aromatic heterocycles. The molecule has 0 aliphatic carbocycles. The molecule has 0 radical (unpaired) electrons. The molecule has 1 rings (SSSR count). The van der Waals surface area contributed by atoms with Crippen molar-refractivity contribution < 1.29 is 9.63 Å². The molecule has 0 heterocycles. The minimum atomic E-state index is -0.300. The fourth-order valence-corrected chi connectivity index (χ4v) is 2.11. The lowest BCUT2D eigenvalue weighted by molar-refractivity contribution is -0.141. The Kier molecular flexibility index (Phi) is 5.91. The summed E-state index contributed by atoms with van der Waals surface area (Å²) in [5, 5.41) is 1.54. The Balaban J connectivity index is 2.72. The van der Waals surface area contributed by atoms with Crippen LogP contribution in [0.3, 0.4) is 0 Å². The first-order valence-corrected chi connectivity index (χ1v) is 7.03. The van der Waals surface area contributed by atoms with Crippen LogP contribution in [0, 0.1) is 0 Å². The molecule has 0 saturated heterocycles. The van der Waals surface area contributed by atoms with Gasteiger partial charge in [0, 0.05) is 14.0 Å². The van der Waals surface area contributed by atoms with E-state index in [-0.39, 0.29) is 5.97 Å². The van der Waals surface area contributed by atoms with E-state index >= 15 is 0 Å². The number of hydrogen-bond acceptors (Lipinski definition) is 4. The lowest BCUT2D eigenvalue weighted by atomic mass is 10.1. The average molecular weight is 253 g/mol. The zero-order chi connectivity index (χ0) is 12.7. The highest BCUT2D eigenvalue weighted by atomic mass is 32.2. The number of benzene rings is 1. The zero-order valence-electron chi connectivity index (χ0n) is 10.6. The number of para-hydroxylation sites is 1. The van der Waals surface area contributed by atoms with Gasteiger partial charge in [0.15, 0.2) is 0 Å². The van der Waals surface area contributed by atoms with Gasteiger partial charge in [0.1, 0.15) is 0 Å². The number of rotatable bonds is 6. The van der Waals surface area contributed by atoms with Crippen molar-refractivity contribution in [3.05, 3.63) is 29.8 Å². The van der Waals surface area contributed by atoms with E-state index in [9.17, 15) is 4.79 Å². The molecule has 4 heteroatoms. The first-order valence-electron chi connectivity index (χ1n) is 5.64. The van der Waals surface area contributed by atoms with Crippen molar-refractivity contribution >= 4 is 23.4 Å². The molecule has 1 aromatic rings. The molecule has 0 aliphatic rings. The molecule has 94 valence electrons. The van der Waals surface area contributed by atoms with Crippen LogP contribution in [0.25, 0.3) is 0 Å². The van der Waals surface area contributed by atoms with E-state index in [1.165, 1.54) is 17.6 Å². The molecule has 0 saturated carbocycles. The molecule has 17 heavy (non-hydrogen) atoms. The van der Waals surface area contributed by atoms with Crippen LogP contribution < -0.4 is 5.06 Å². The Morgan fingerprint density at radius 1 is 1.41 bits per heavy atom. The highest BCUT2D eigenvalue weighted by Crippen LogP contribution is 2.21. The number of hydroxylamine groups is 1. The lowest BCUT2D eigenvalue weighted by Crippen LogP contribution is -2.21. The molecule has 0 aliphatic heterocycles. The number of thioether (sulfide) groups is 1. The van der Waals surface area contributed by atoms with E-state index < -0.39 is 0 Å². The number of aryl methyl sites for hydroxylation is 1. The third kappa shape index (κ3) is 4.69. The molecule has 0 bridgehead atoms. The van der Waals surface area contributed by atoms with Gasteiger partial charge in [-0.1, -0.05) is 18.2 Å². The second kappa shape index (κ2) is 7.22. The van der Waals surface area contributed by atoms with Crippen LogP contribution in [0.15, 0.2) is 24.3 Å². The normalized spacial score (nSPS) is 10.1. The number of hydrogen-bond donors (Lipinski definition) is 0. The predicted molar refractivity (Wildman–Crippen MR) is 73.3 cm³/mol. The summed E-state index contributed by atoms with van der Waals surface area (Å²) < 4.78 is 0. The van der Waals surface area contributed by atoms with E-state index in [1.807, 2.05) is 30.0 Å². The van der Waals surface area contributed by atoms with E-state index in [1.54, 1.807) is 7.05 Å². The summed E-state index contributed by atoms with van der Waals surface area (Å²) >= 11 is 1.85. The first kappa shape index (κ1) is 13.9. The van der Waals surface area contributed by atoms with Gasteiger partial charge in [0.05, 0.1) is 5.69 Å². The average Bonchev–Trinajstić information content (AvgIpc) is 2.29. The van der Waals surface area contributed by atoms with Gasteiger partial charge in [-0.25, -0.2) is 5.06 Å². The van der Waals surface area contributed by atoms with E-state index in [4.69, 9.17) is 4.84 Å². The highest BCUT2D eigenvalue weighted by molar-refractivity contribution is 7.98.